The van der Waals surface area contributed by atoms with E-state index in [2.05, 4.69) is 4.98 Å². The first-order chi connectivity index (χ1) is 6.93. The number of halogens is 1. The van der Waals surface area contributed by atoms with Crippen molar-refractivity contribution in [3.05, 3.63) is 23.6 Å². The number of carbonyl (C=O) groups excluding carboxylic acids is 1. The summed E-state index contributed by atoms with van der Waals surface area (Å²) in [5, 5.41) is 18.6. The zero-order valence-electron chi connectivity index (χ0n) is 7.59. The Kier molecular flexibility index (Phi) is 3.17. The topological polar surface area (TPSA) is 122 Å². The maximum Gasteiger partial charge on any atom is 0.249 e. The predicted molar refractivity (Wildman–Crippen MR) is 48.8 cm³/mol. The third-order valence-corrected chi connectivity index (χ3v) is 1.83. The van der Waals surface area contributed by atoms with Crippen molar-refractivity contribution >= 4 is 11.7 Å². The Balaban J connectivity index is 3.04. The number of hydrogen-bond acceptors (Lipinski definition) is 5. The molecule has 2 unspecified atom stereocenters. The fraction of sp³-hybridized carbons (Fsp3) is 0.250. The fourth-order valence-electron chi connectivity index (χ4n) is 1.03. The lowest BCUT2D eigenvalue weighted by Gasteiger charge is -2.16. The molecule has 0 aliphatic rings. The molecule has 0 fully saturated rings. The lowest BCUT2D eigenvalue weighted by molar-refractivity contribution is -0.131. The molecular weight excluding hydrogens is 205 g/mol. The summed E-state index contributed by atoms with van der Waals surface area (Å²) >= 11 is 0. The third kappa shape index (κ3) is 2.39. The molecule has 0 radical (unpaired) electrons. The maximum atomic E-state index is 12.7. The van der Waals surface area contributed by atoms with Gasteiger partial charge in [0.1, 0.15) is 17.7 Å². The molecule has 1 heterocycles. The van der Waals surface area contributed by atoms with Crippen LogP contribution >= 0.6 is 0 Å². The summed E-state index contributed by atoms with van der Waals surface area (Å²) in [5.41, 5.74) is 9.91. The molecule has 0 aliphatic heterocycles. The van der Waals surface area contributed by atoms with Crippen LogP contribution in [-0.2, 0) is 4.79 Å². The Bertz CT molecular complexity index is 385. The fourth-order valence-corrected chi connectivity index (χ4v) is 1.03. The van der Waals surface area contributed by atoms with Gasteiger partial charge in [-0.3, -0.25) is 4.79 Å². The number of aliphatic hydroxyl groups excluding tert-OH is 2. The minimum absolute atomic E-state index is 0.177. The van der Waals surface area contributed by atoms with Crippen LogP contribution in [0.1, 0.15) is 11.7 Å². The van der Waals surface area contributed by atoms with E-state index in [-0.39, 0.29) is 11.4 Å². The van der Waals surface area contributed by atoms with Gasteiger partial charge in [-0.05, 0) is 6.07 Å². The first-order valence-electron chi connectivity index (χ1n) is 4.00. The van der Waals surface area contributed by atoms with Gasteiger partial charge in [-0.2, -0.15) is 0 Å². The quantitative estimate of drug-likeness (QED) is 0.498. The van der Waals surface area contributed by atoms with Crippen LogP contribution in [0.15, 0.2) is 12.3 Å². The molecule has 82 valence electrons. The number of aromatic nitrogens is 1. The molecule has 0 spiro atoms. The number of rotatable bonds is 3. The normalized spacial score (nSPS) is 14.6. The van der Waals surface area contributed by atoms with Crippen LogP contribution in [0.3, 0.4) is 0 Å². The molecule has 1 rings (SSSR count). The summed E-state index contributed by atoms with van der Waals surface area (Å²) in [6, 6.07) is 0.874. The van der Waals surface area contributed by atoms with Gasteiger partial charge >= 0.3 is 0 Å². The number of anilines is 1. The number of hydrogen-bond donors (Lipinski definition) is 4. The molecule has 0 saturated heterocycles. The molecule has 15 heavy (non-hydrogen) atoms. The van der Waals surface area contributed by atoms with E-state index < -0.39 is 23.9 Å². The SMILES string of the molecule is NC(=O)C(O)C(O)c1cc(F)cnc1N. The zero-order chi connectivity index (χ0) is 11.6. The highest BCUT2D eigenvalue weighted by atomic mass is 19.1. The van der Waals surface area contributed by atoms with Gasteiger partial charge in [0.2, 0.25) is 5.91 Å². The van der Waals surface area contributed by atoms with Gasteiger partial charge < -0.3 is 21.7 Å². The summed E-state index contributed by atoms with van der Waals surface area (Å²) in [6.07, 6.45) is -2.69. The average molecular weight is 215 g/mol. The monoisotopic (exact) mass is 215 g/mol. The van der Waals surface area contributed by atoms with E-state index in [1.807, 2.05) is 0 Å². The second kappa shape index (κ2) is 4.20. The highest BCUT2D eigenvalue weighted by Crippen LogP contribution is 2.22. The Morgan fingerprint density at radius 1 is 1.53 bits per heavy atom. The average Bonchev–Trinajstić information content (AvgIpc) is 2.19. The van der Waals surface area contributed by atoms with E-state index in [1.165, 1.54) is 0 Å². The zero-order valence-corrected chi connectivity index (χ0v) is 7.59. The molecule has 0 saturated carbocycles. The summed E-state index contributed by atoms with van der Waals surface area (Å²) in [7, 11) is 0. The van der Waals surface area contributed by atoms with Crippen LogP contribution in [0.25, 0.3) is 0 Å². The van der Waals surface area contributed by atoms with E-state index in [1.54, 1.807) is 0 Å². The number of nitrogens with two attached hydrogens (primary N) is 2. The van der Waals surface area contributed by atoms with Crippen LogP contribution in [0.4, 0.5) is 10.2 Å². The highest BCUT2D eigenvalue weighted by molar-refractivity contribution is 5.79. The molecule has 0 aromatic carbocycles. The molecule has 0 bridgehead atoms. The van der Waals surface area contributed by atoms with Crippen LogP contribution in [0, 0.1) is 5.82 Å². The van der Waals surface area contributed by atoms with Crippen molar-refractivity contribution in [2.75, 3.05) is 5.73 Å². The molecule has 7 heteroatoms. The summed E-state index contributed by atoms with van der Waals surface area (Å²) in [4.78, 5) is 14.0. The van der Waals surface area contributed by atoms with Crippen LogP contribution in [0.2, 0.25) is 0 Å². The van der Waals surface area contributed by atoms with Crippen LogP contribution in [0.5, 0.6) is 0 Å². The van der Waals surface area contributed by atoms with Gasteiger partial charge in [0.05, 0.1) is 6.20 Å². The minimum atomic E-state index is -1.85. The number of amides is 1. The maximum absolute atomic E-state index is 12.7. The number of aliphatic hydroxyl groups is 2. The first kappa shape index (κ1) is 11.3. The smallest absolute Gasteiger partial charge is 0.249 e. The Hall–Kier alpha value is -1.73. The van der Waals surface area contributed by atoms with Crippen molar-refractivity contribution in [3.63, 3.8) is 0 Å². The predicted octanol–water partition coefficient (Wildman–Crippen LogP) is -1.32. The van der Waals surface area contributed by atoms with Gasteiger partial charge in [0.15, 0.2) is 6.10 Å². The van der Waals surface area contributed by atoms with Gasteiger partial charge in [0, 0.05) is 5.56 Å². The van der Waals surface area contributed by atoms with Crippen molar-refractivity contribution in [1.29, 1.82) is 0 Å². The molecule has 1 amide bonds. The number of nitrogen functional groups attached to an aromatic ring is 1. The highest BCUT2D eigenvalue weighted by Gasteiger charge is 2.25. The second-order valence-electron chi connectivity index (χ2n) is 2.92. The summed E-state index contributed by atoms with van der Waals surface area (Å²) < 4.78 is 12.7. The van der Waals surface area contributed by atoms with E-state index >= 15 is 0 Å². The van der Waals surface area contributed by atoms with Crippen molar-refractivity contribution < 1.29 is 19.4 Å². The Labute approximate surface area is 84.3 Å². The lowest BCUT2D eigenvalue weighted by atomic mass is 10.1. The van der Waals surface area contributed by atoms with Crippen molar-refractivity contribution in [2.24, 2.45) is 5.73 Å². The Morgan fingerprint density at radius 3 is 2.67 bits per heavy atom. The van der Waals surface area contributed by atoms with Crippen LogP contribution < -0.4 is 11.5 Å². The van der Waals surface area contributed by atoms with Gasteiger partial charge in [0.25, 0.3) is 0 Å². The summed E-state index contributed by atoms with van der Waals surface area (Å²) in [6.45, 7) is 0. The number of carbonyl (C=O) groups is 1. The molecule has 2 atom stereocenters. The van der Waals surface area contributed by atoms with E-state index in [9.17, 15) is 14.3 Å². The first-order valence-corrected chi connectivity index (χ1v) is 4.00. The van der Waals surface area contributed by atoms with Crippen molar-refractivity contribution in [1.82, 2.24) is 4.98 Å². The lowest BCUT2D eigenvalue weighted by Crippen LogP contribution is -2.34. The number of pyridine rings is 1. The van der Waals surface area contributed by atoms with E-state index in [0.717, 1.165) is 12.3 Å². The molecular formula is C8H10FN3O3. The molecule has 1 aromatic rings. The third-order valence-electron chi connectivity index (χ3n) is 1.83. The molecule has 6 N–H and O–H groups in total. The van der Waals surface area contributed by atoms with Crippen LogP contribution in [-0.4, -0.2) is 27.2 Å². The molecule has 6 nitrogen and oxygen atoms in total. The standard InChI is InChI=1S/C8H10FN3O3/c9-3-1-4(7(10)12-2-3)5(13)6(14)8(11)15/h1-2,5-6,13-14H,(H2,10,12)(H2,11,15). The number of primary amides is 1. The van der Waals surface area contributed by atoms with E-state index in [4.69, 9.17) is 16.6 Å². The van der Waals surface area contributed by atoms with Gasteiger partial charge in [-0.1, -0.05) is 0 Å². The van der Waals surface area contributed by atoms with Gasteiger partial charge in [-0.15, -0.1) is 0 Å². The second-order valence-corrected chi connectivity index (χ2v) is 2.92. The molecule has 0 aliphatic carbocycles. The van der Waals surface area contributed by atoms with E-state index in [0.29, 0.717) is 0 Å². The van der Waals surface area contributed by atoms with Crippen molar-refractivity contribution in [2.45, 2.75) is 12.2 Å². The number of nitrogens with zero attached hydrogens (tertiary/aromatic N) is 1. The van der Waals surface area contributed by atoms with Crippen molar-refractivity contribution in [3.8, 4) is 0 Å². The largest absolute Gasteiger partial charge is 0.385 e. The minimum Gasteiger partial charge on any atom is -0.385 e. The summed E-state index contributed by atoms with van der Waals surface area (Å²) in [5.74, 6) is -2.05. The Morgan fingerprint density at radius 2 is 2.13 bits per heavy atom. The van der Waals surface area contributed by atoms with Gasteiger partial charge in [-0.25, -0.2) is 9.37 Å². The molecule has 1 aromatic heterocycles.